The van der Waals surface area contributed by atoms with Gasteiger partial charge in [-0.1, -0.05) is 39.3 Å². The molecule has 1 fully saturated rings. The van der Waals surface area contributed by atoms with Crippen LogP contribution in [-0.4, -0.2) is 32.8 Å². The number of ether oxygens (including phenoxy) is 1. The van der Waals surface area contributed by atoms with E-state index >= 15 is 0 Å². The van der Waals surface area contributed by atoms with Gasteiger partial charge >= 0.3 is 0 Å². The van der Waals surface area contributed by atoms with Crippen LogP contribution in [0.3, 0.4) is 0 Å². The first-order valence-corrected chi connectivity index (χ1v) is 10.9. The summed E-state index contributed by atoms with van der Waals surface area (Å²) in [5, 5.41) is 3.70. The van der Waals surface area contributed by atoms with Crippen molar-refractivity contribution in [2.45, 2.75) is 78.4 Å². The number of benzene rings is 1. The first-order chi connectivity index (χ1) is 12.8. The van der Waals surface area contributed by atoms with E-state index in [2.05, 4.69) is 76.3 Å². The highest BCUT2D eigenvalue weighted by Crippen LogP contribution is 2.46. The zero-order chi connectivity index (χ0) is 19.9. The summed E-state index contributed by atoms with van der Waals surface area (Å²) in [6.45, 7) is 12.3. The molecule has 2 rings (SSSR count). The molecule has 1 aliphatic heterocycles. The molecule has 0 bridgehead atoms. The van der Waals surface area contributed by atoms with Crippen molar-refractivity contribution in [3.63, 3.8) is 0 Å². The van der Waals surface area contributed by atoms with Crippen LogP contribution in [0, 0.1) is 11.3 Å². The molecule has 27 heavy (non-hydrogen) atoms. The summed E-state index contributed by atoms with van der Waals surface area (Å²) >= 11 is 0. The van der Waals surface area contributed by atoms with Crippen molar-refractivity contribution in [3.8, 4) is 0 Å². The standard InChI is InChI=1S/C24H42N2O/c1-7-23(4)19-24(15-17-27-23,13-12-20(2)3)14-16-25-18-21-8-10-22(11-9-21)26(5)6/h8-11,20,25H,7,12-19H2,1-6H3/t23-,24+/m0/s1. The molecule has 0 spiro atoms. The predicted octanol–water partition coefficient (Wildman–Crippen LogP) is 5.63. The fourth-order valence-corrected chi connectivity index (χ4v) is 4.32. The Kier molecular flexibility index (Phi) is 8.18. The Morgan fingerprint density at radius 1 is 1.15 bits per heavy atom. The van der Waals surface area contributed by atoms with Crippen molar-refractivity contribution in [2.24, 2.45) is 11.3 Å². The third kappa shape index (κ3) is 6.80. The Bertz CT molecular complexity index is 554. The minimum atomic E-state index is 0.0667. The Hall–Kier alpha value is -1.06. The van der Waals surface area contributed by atoms with E-state index in [-0.39, 0.29) is 5.60 Å². The van der Waals surface area contributed by atoms with Gasteiger partial charge in [0.25, 0.3) is 0 Å². The van der Waals surface area contributed by atoms with Crippen molar-refractivity contribution in [2.75, 3.05) is 32.1 Å². The maximum absolute atomic E-state index is 6.16. The molecule has 0 aromatic heterocycles. The number of hydrogen-bond donors (Lipinski definition) is 1. The second kappa shape index (κ2) is 9.93. The number of nitrogens with one attached hydrogen (secondary N) is 1. The number of nitrogens with zero attached hydrogens (tertiary/aromatic N) is 1. The van der Waals surface area contributed by atoms with Gasteiger partial charge in [0, 0.05) is 32.9 Å². The van der Waals surface area contributed by atoms with E-state index in [1.165, 1.54) is 43.4 Å². The van der Waals surface area contributed by atoms with Crippen LogP contribution in [-0.2, 0) is 11.3 Å². The minimum Gasteiger partial charge on any atom is -0.378 e. The van der Waals surface area contributed by atoms with Gasteiger partial charge in [-0.05, 0) is 74.6 Å². The van der Waals surface area contributed by atoms with Crippen molar-refractivity contribution in [3.05, 3.63) is 29.8 Å². The lowest BCUT2D eigenvalue weighted by Crippen LogP contribution is -2.44. The molecular formula is C24H42N2O. The molecule has 1 aliphatic rings. The summed E-state index contributed by atoms with van der Waals surface area (Å²) in [6, 6.07) is 8.87. The average Bonchev–Trinajstić information content (AvgIpc) is 2.64. The molecular weight excluding hydrogens is 332 g/mol. The van der Waals surface area contributed by atoms with Crippen LogP contribution < -0.4 is 10.2 Å². The van der Waals surface area contributed by atoms with Crippen molar-refractivity contribution in [1.82, 2.24) is 5.32 Å². The lowest BCUT2D eigenvalue weighted by atomic mass is 9.67. The minimum absolute atomic E-state index is 0.0667. The van der Waals surface area contributed by atoms with Crippen molar-refractivity contribution < 1.29 is 4.74 Å². The topological polar surface area (TPSA) is 24.5 Å². The Morgan fingerprint density at radius 2 is 1.85 bits per heavy atom. The third-order valence-corrected chi connectivity index (χ3v) is 6.45. The molecule has 3 heteroatoms. The molecule has 3 nitrogen and oxygen atoms in total. The van der Waals surface area contributed by atoms with Gasteiger partial charge in [0.1, 0.15) is 0 Å². The highest BCUT2D eigenvalue weighted by molar-refractivity contribution is 5.45. The van der Waals surface area contributed by atoms with Gasteiger partial charge in [-0.2, -0.15) is 0 Å². The van der Waals surface area contributed by atoms with E-state index in [1.807, 2.05) is 0 Å². The molecule has 0 saturated carbocycles. The molecule has 2 atom stereocenters. The Morgan fingerprint density at radius 3 is 2.44 bits per heavy atom. The molecule has 0 radical (unpaired) electrons. The van der Waals surface area contributed by atoms with Crippen LogP contribution in [0.15, 0.2) is 24.3 Å². The lowest BCUT2D eigenvalue weighted by Gasteiger charge is -2.47. The number of hydrogen-bond acceptors (Lipinski definition) is 3. The van der Waals surface area contributed by atoms with Gasteiger partial charge in [-0.3, -0.25) is 0 Å². The van der Waals surface area contributed by atoms with E-state index in [4.69, 9.17) is 4.74 Å². The van der Waals surface area contributed by atoms with Crippen LogP contribution in [0.5, 0.6) is 0 Å². The second-order valence-corrected chi connectivity index (χ2v) is 9.50. The fraction of sp³-hybridized carbons (Fsp3) is 0.750. The van der Waals surface area contributed by atoms with E-state index in [0.29, 0.717) is 5.41 Å². The zero-order valence-corrected chi connectivity index (χ0v) is 18.6. The monoisotopic (exact) mass is 374 g/mol. The molecule has 0 aliphatic carbocycles. The second-order valence-electron chi connectivity index (χ2n) is 9.50. The lowest BCUT2D eigenvalue weighted by molar-refractivity contribution is -0.122. The molecule has 1 aromatic rings. The molecule has 1 N–H and O–H groups in total. The van der Waals surface area contributed by atoms with E-state index in [9.17, 15) is 0 Å². The average molecular weight is 375 g/mol. The number of anilines is 1. The Labute approximate surface area is 167 Å². The maximum Gasteiger partial charge on any atom is 0.0657 e. The van der Waals surface area contributed by atoms with Crippen LogP contribution in [0.25, 0.3) is 0 Å². The fourth-order valence-electron chi connectivity index (χ4n) is 4.32. The van der Waals surface area contributed by atoms with E-state index < -0.39 is 0 Å². The summed E-state index contributed by atoms with van der Waals surface area (Å²) < 4.78 is 6.16. The van der Waals surface area contributed by atoms with E-state index in [0.717, 1.165) is 32.0 Å². The molecule has 0 amide bonds. The van der Waals surface area contributed by atoms with Crippen LogP contribution in [0.1, 0.15) is 71.8 Å². The first-order valence-electron chi connectivity index (χ1n) is 10.9. The summed E-state index contributed by atoms with van der Waals surface area (Å²) in [6.07, 6.45) is 7.46. The van der Waals surface area contributed by atoms with Crippen LogP contribution in [0.2, 0.25) is 0 Å². The van der Waals surface area contributed by atoms with Crippen molar-refractivity contribution in [1.29, 1.82) is 0 Å². The Balaban J connectivity index is 1.89. The predicted molar refractivity (Wildman–Crippen MR) is 117 cm³/mol. The smallest absolute Gasteiger partial charge is 0.0657 e. The van der Waals surface area contributed by atoms with Gasteiger partial charge in [0.15, 0.2) is 0 Å². The SMILES string of the molecule is CC[C@@]1(C)C[C@@](CCNCc2ccc(N(C)C)cc2)(CCC(C)C)CCO1. The summed E-state index contributed by atoms with van der Waals surface area (Å²) in [5.41, 5.74) is 3.13. The van der Waals surface area contributed by atoms with Crippen LogP contribution in [0.4, 0.5) is 5.69 Å². The van der Waals surface area contributed by atoms with Gasteiger partial charge in [-0.25, -0.2) is 0 Å². The highest BCUT2D eigenvalue weighted by atomic mass is 16.5. The van der Waals surface area contributed by atoms with Gasteiger partial charge < -0.3 is 15.0 Å². The first kappa shape index (κ1) is 22.2. The van der Waals surface area contributed by atoms with Gasteiger partial charge in [0.2, 0.25) is 0 Å². The molecule has 1 aromatic carbocycles. The maximum atomic E-state index is 6.16. The van der Waals surface area contributed by atoms with Gasteiger partial charge in [-0.15, -0.1) is 0 Å². The van der Waals surface area contributed by atoms with Crippen LogP contribution >= 0.6 is 0 Å². The quantitative estimate of drug-likeness (QED) is 0.537. The largest absolute Gasteiger partial charge is 0.378 e. The van der Waals surface area contributed by atoms with E-state index in [1.54, 1.807) is 0 Å². The molecule has 154 valence electrons. The number of rotatable bonds is 10. The normalized spacial score (nSPS) is 25.7. The van der Waals surface area contributed by atoms with Crippen molar-refractivity contribution >= 4 is 5.69 Å². The highest BCUT2D eigenvalue weighted by Gasteiger charge is 2.41. The third-order valence-electron chi connectivity index (χ3n) is 6.45. The zero-order valence-electron chi connectivity index (χ0n) is 18.6. The van der Waals surface area contributed by atoms with Gasteiger partial charge in [0.05, 0.1) is 5.60 Å². The summed E-state index contributed by atoms with van der Waals surface area (Å²) in [4.78, 5) is 2.14. The summed E-state index contributed by atoms with van der Waals surface area (Å²) in [7, 11) is 4.17. The molecule has 1 heterocycles. The molecule has 0 unspecified atom stereocenters. The summed E-state index contributed by atoms with van der Waals surface area (Å²) in [5.74, 6) is 0.778. The molecule has 1 saturated heterocycles.